The Morgan fingerprint density at radius 1 is 1.42 bits per heavy atom. The standard InChI is InChI=1S/C13H17BrN2O2S/c1-4-9-11(17)16(13(2,3)12(18)15-9)7-8-5-6-10(14)19-8/h5-6,9H,4,7H2,1-3H3,(H,15,18). The summed E-state index contributed by atoms with van der Waals surface area (Å²) in [6.07, 6.45) is 0.616. The maximum Gasteiger partial charge on any atom is 0.246 e. The van der Waals surface area contributed by atoms with Crippen molar-refractivity contribution in [2.75, 3.05) is 0 Å². The Morgan fingerprint density at radius 2 is 2.11 bits per heavy atom. The molecule has 0 radical (unpaired) electrons. The van der Waals surface area contributed by atoms with E-state index in [0.717, 1.165) is 8.66 Å². The highest BCUT2D eigenvalue weighted by Gasteiger charge is 2.45. The van der Waals surface area contributed by atoms with Gasteiger partial charge in [-0.2, -0.15) is 0 Å². The maximum atomic E-state index is 12.4. The van der Waals surface area contributed by atoms with Crippen LogP contribution in [0.3, 0.4) is 0 Å². The number of piperazine rings is 1. The first-order valence-corrected chi connectivity index (χ1v) is 7.84. The lowest BCUT2D eigenvalue weighted by molar-refractivity contribution is -0.156. The van der Waals surface area contributed by atoms with Crippen molar-refractivity contribution >= 4 is 39.1 Å². The maximum absolute atomic E-state index is 12.4. The zero-order chi connectivity index (χ0) is 14.2. The normalized spacial score (nSPS) is 22.5. The summed E-state index contributed by atoms with van der Waals surface area (Å²) in [5, 5.41) is 2.79. The number of thiophene rings is 1. The van der Waals surface area contributed by atoms with Gasteiger partial charge in [-0.1, -0.05) is 6.92 Å². The number of halogens is 1. The van der Waals surface area contributed by atoms with Gasteiger partial charge in [-0.05, 0) is 48.3 Å². The highest BCUT2D eigenvalue weighted by Crippen LogP contribution is 2.28. The van der Waals surface area contributed by atoms with E-state index in [2.05, 4.69) is 21.2 Å². The molecule has 4 nitrogen and oxygen atoms in total. The number of hydrogen-bond acceptors (Lipinski definition) is 3. The Balaban J connectivity index is 2.27. The van der Waals surface area contributed by atoms with Gasteiger partial charge in [0.25, 0.3) is 0 Å². The molecule has 1 fully saturated rings. The lowest BCUT2D eigenvalue weighted by Gasteiger charge is -2.44. The van der Waals surface area contributed by atoms with Crippen LogP contribution in [0.1, 0.15) is 32.1 Å². The molecule has 1 N–H and O–H groups in total. The molecule has 2 heterocycles. The third-order valence-corrected chi connectivity index (χ3v) is 5.06. The van der Waals surface area contributed by atoms with Gasteiger partial charge in [0.15, 0.2) is 0 Å². The first-order valence-electron chi connectivity index (χ1n) is 6.23. The molecule has 0 aromatic carbocycles. The summed E-state index contributed by atoms with van der Waals surface area (Å²) in [6, 6.07) is 3.54. The molecule has 2 rings (SSSR count). The third kappa shape index (κ3) is 2.69. The van der Waals surface area contributed by atoms with Gasteiger partial charge in [0.05, 0.1) is 10.3 Å². The fourth-order valence-electron chi connectivity index (χ4n) is 2.13. The Hall–Kier alpha value is -0.880. The van der Waals surface area contributed by atoms with E-state index in [9.17, 15) is 9.59 Å². The van der Waals surface area contributed by atoms with E-state index in [1.165, 1.54) is 0 Å². The van der Waals surface area contributed by atoms with Crippen LogP contribution in [0.15, 0.2) is 15.9 Å². The summed E-state index contributed by atoms with van der Waals surface area (Å²) < 4.78 is 1.03. The molecule has 1 atom stereocenters. The molecule has 6 heteroatoms. The number of hydrogen-bond donors (Lipinski definition) is 1. The number of rotatable bonds is 3. The van der Waals surface area contributed by atoms with Crippen LogP contribution in [0.5, 0.6) is 0 Å². The van der Waals surface area contributed by atoms with E-state index < -0.39 is 11.6 Å². The second-order valence-corrected chi connectivity index (χ2v) is 7.67. The van der Waals surface area contributed by atoms with Crippen LogP contribution in [0, 0.1) is 0 Å². The monoisotopic (exact) mass is 344 g/mol. The topological polar surface area (TPSA) is 49.4 Å². The van der Waals surface area contributed by atoms with E-state index in [0.29, 0.717) is 13.0 Å². The molecular formula is C13H17BrN2O2S. The average molecular weight is 345 g/mol. The molecule has 2 amide bonds. The minimum absolute atomic E-state index is 0.00313. The molecule has 0 aliphatic carbocycles. The number of carbonyl (C=O) groups is 2. The van der Waals surface area contributed by atoms with Gasteiger partial charge in [0.1, 0.15) is 11.6 Å². The van der Waals surface area contributed by atoms with Crippen molar-refractivity contribution < 1.29 is 9.59 Å². The van der Waals surface area contributed by atoms with Crippen LogP contribution in [0.2, 0.25) is 0 Å². The molecule has 0 spiro atoms. The molecule has 1 unspecified atom stereocenters. The first kappa shape index (κ1) is 14.5. The molecular weight excluding hydrogens is 328 g/mol. The van der Waals surface area contributed by atoms with E-state index in [1.54, 1.807) is 30.1 Å². The fraction of sp³-hybridized carbons (Fsp3) is 0.538. The zero-order valence-electron chi connectivity index (χ0n) is 11.2. The third-order valence-electron chi connectivity index (χ3n) is 3.45. The van der Waals surface area contributed by atoms with Gasteiger partial charge < -0.3 is 10.2 Å². The van der Waals surface area contributed by atoms with Crippen molar-refractivity contribution in [1.29, 1.82) is 0 Å². The van der Waals surface area contributed by atoms with E-state index in [1.807, 2.05) is 19.1 Å². The van der Waals surface area contributed by atoms with Crippen LogP contribution in [-0.4, -0.2) is 28.3 Å². The van der Waals surface area contributed by atoms with Crippen molar-refractivity contribution in [3.63, 3.8) is 0 Å². The second-order valence-electron chi connectivity index (χ2n) is 5.12. The quantitative estimate of drug-likeness (QED) is 0.915. The lowest BCUT2D eigenvalue weighted by atomic mass is 9.94. The van der Waals surface area contributed by atoms with Crippen LogP contribution >= 0.6 is 27.3 Å². The number of carbonyl (C=O) groups excluding carboxylic acids is 2. The van der Waals surface area contributed by atoms with Gasteiger partial charge in [-0.15, -0.1) is 11.3 Å². The highest BCUT2D eigenvalue weighted by molar-refractivity contribution is 9.11. The van der Waals surface area contributed by atoms with Gasteiger partial charge in [-0.25, -0.2) is 0 Å². The molecule has 1 aliphatic rings. The second kappa shape index (κ2) is 5.25. The Kier molecular flexibility index (Phi) is 4.01. The number of nitrogens with zero attached hydrogens (tertiary/aromatic N) is 1. The predicted molar refractivity (Wildman–Crippen MR) is 78.9 cm³/mol. The van der Waals surface area contributed by atoms with Crippen molar-refractivity contribution in [3.05, 3.63) is 20.8 Å². The molecule has 1 aliphatic heterocycles. The molecule has 104 valence electrons. The summed E-state index contributed by atoms with van der Waals surface area (Å²) in [5.74, 6) is -0.0915. The Bertz CT molecular complexity index is 512. The number of nitrogens with one attached hydrogen (secondary N) is 1. The van der Waals surface area contributed by atoms with Gasteiger partial charge in [-0.3, -0.25) is 9.59 Å². The van der Waals surface area contributed by atoms with Crippen LogP contribution < -0.4 is 5.32 Å². The van der Waals surface area contributed by atoms with Crippen LogP contribution in [0.4, 0.5) is 0 Å². The van der Waals surface area contributed by atoms with Crippen LogP contribution in [-0.2, 0) is 16.1 Å². The van der Waals surface area contributed by atoms with Gasteiger partial charge >= 0.3 is 0 Å². The molecule has 1 saturated heterocycles. The Morgan fingerprint density at radius 3 is 2.63 bits per heavy atom. The Labute approximate surface area is 125 Å². The fourth-order valence-corrected chi connectivity index (χ4v) is 3.60. The minimum atomic E-state index is -0.806. The molecule has 0 bridgehead atoms. The lowest BCUT2D eigenvalue weighted by Crippen LogP contribution is -2.67. The van der Waals surface area contributed by atoms with Crippen molar-refractivity contribution in [2.24, 2.45) is 0 Å². The van der Waals surface area contributed by atoms with Crippen molar-refractivity contribution in [2.45, 2.75) is 45.3 Å². The SMILES string of the molecule is CCC1NC(=O)C(C)(C)N(Cc2ccc(Br)s2)C1=O. The van der Waals surface area contributed by atoms with Crippen molar-refractivity contribution in [3.8, 4) is 0 Å². The summed E-state index contributed by atoms with van der Waals surface area (Å²) >= 11 is 5.00. The average Bonchev–Trinajstić information content (AvgIpc) is 2.75. The number of amides is 2. The molecule has 0 saturated carbocycles. The predicted octanol–water partition coefficient (Wildman–Crippen LogP) is 2.53. The van der Waals surface area contributed by atoms with Gasteiger partial charge in [0.2, 0.25) is 11.8 Å². The molecule has 19 heavy (non-hydrogen) atoms. The largest absolute Gasteiger partial charge is 0.342 e. The van der Waals surface area contributed by atoms with E-state index in [-0.39, 0.29) is 11.8 Å². The van der Waals surface area contributed by atoms with E-state index in [4.69, 9.17) is 0 Å². The van der Waals surface area contributed by atoms with E-state index >= 15 is 0 Å². The highest BCUT2D eigenvalue weighted by atomic mass is 79.9. The van der Waals surface area contributed by atoms with Crippen molar-refractivity contribution in [1.82, 2.24) is 10.2 Å². The minimum Gasteiger partial charge on any atom is -0.342 e. The molecule has 1 aromatic rings. The van der Waals surface area contributed by atoms with Crippen LogP contribution in [0.25, 0.3) is 0 Å². The first-order chi connectivity index (χ1) is 8.86. The summed E-state index contributed by atoms with van der Waals surface area (Å²) in [7, 11) is 0. The summed E-state index contributed by atoms with van der Waals surface area (Å²) in [4.78, 5) is 27.3. The smallest absolute Gasteiger partial charge is 0.246 e. The summed E-state index contributed by atoms with van der Waals surface area (Å²) in [5.41, 5.74) is -0.806. The molecule has 1 aromatic heterocycles. The van der Waals surface area contributed by atoms with Gasteiger partial charge in [0, 0.05) is 4.88 Å². The zero-order valence-corrected chi connectivity index (χ0v) is 13.6. The summed E-state index contributed by atoms with van der Waals surface area (Å²) in [6.45, 7) is 5.95.